The fourth-order valence-electron chi connectivity index (χ4n) is 2.56. The number of halogens is 1. The summed E-state index contributed by atoms with van der Waals surface area (Å²) in [6.45, 7) is 0.484. The number of sulfonamides is 1. The van der Waals surface area contributed by atoms with Crippen LogP contribution in [0.5, 0.6) is 11.5 Å². The van der Waals surface area contributed by atoms with Crippen molar-refractivity contribution in [1.82, 2.24) is 4.31 Å². The zero-order valence-electron chi connectivity index (χ0n) is 11.7. The molecule has 1 atom stereocenters. The quantitative estimate of drug-likeness (QED) is 0.767. The molecule has 0 aromatic heterocycles. The van der Waals surface area contributed by atoms with Crippen LogP contribution in [-0.2, 0) is 16.4 Å². The molecule has 0 amide bonds. The van der Waals surface area contributed by atoms with E-state index in [1.165, 1.54) is 10.6 Å². The van der Waals surface area contributed by atoms with E-state index in [1.807, 2.05) is 12.1 Å². The maximum atomic E-state index is 11.9. The van der Waals surface area contributed by atoms with Crippen molar-refractivity contribution in [1.29, 1.82) is 0 Å². The molecular weight excluding hydrogens is 346 g/mol. The van der Waals surface area contributed by atoms with Crippen LogP contribution in [0.25, 0.3) is 0 Å². The molecule has 0 N–H and O–H groups in total. The maximum absolute atomic E-state index is 11.9. The van der Waals surface area contributed by atoms with Crippen molar-refractivity contribution in [3.63, 3.8) is 0 Å². The lowest BCUT2D eigenvalue weighted by Gasteiger charge is -2.35. The number of nitrogens with zero attached hydrogens (tertiary/aromatic N) is 1. The molecule has 7 heteroatoms. The maximum Gasteiger partial charge on any atom is 0.211 e. The molecule has 0 saturated heterocycles. The highest BCUT2D eigenvalue weighted by molar-refractivity contribution is 9.09. The fourth-order valence-corrected chi connectivity index (χ4v) is 4.53. The number of fused-ring (bicyclic) bond motifs is 1. The Kier molecular flexibility index (Phi) is 4.61. The highest BCUT2D eigenvalue weighted by Crippen LogP contribution is 2.39. The molecule has 0 bridgehead atoms. The Labute approximate surface area is 128 Å². The van der Waals surface area contributed by atoms with Crippen LogP contribution in [0.4, 0.5) is 0 Å². The van der Waals surface area contributed by atoms with Gasteiger partial charge in [0.25, 0.3) is 0 Å². The molecule has 2 rings (SSSR count). The fraction of sp³-hybridized carbons (Fsp3) is 0.538. The van der Waals surface area contributed by atoms with Gasteiger partial charge in [-0.2, -0.15) is 4.31 Å². The molecule has 112 valence electrons. The lowest BCUT2D eigenvalue weighted by atomic mass is 9.94. The Morgan fingerprint density at radius 1 is 1.30 bits per heavy atom. The van der Waals surface area contributed by atoms with Gasteiger partial charge in [-0.15, -0.1) is 0 Å². The molecule has 0 aliphatic carbocycles. The predicted molar refractivity (Wildman–Crippen MR) is 81.3 cm³/mol. The van der Waals surface area contributed by atoms with Gasteiger partial charge in [-0.3, -0.25) is 0 Å². The summed E-state index contributed by atoms with van der Waals surface area (Å²) in [7, 11) is -0.0648. The van der Waals surface area contributed by atoms with Crippen LogP contribution in [0.15, 0.2) is 12.1 Å². The Morgan fingerprint density at radius 2 is 1.90 bits per heavy atom. The van der Waals surface area contributed by atoms with Crippen molar-refractivity contribution in [2.24, 2.45) is 0 Å². The molecular formula is C13H18BrNO4S. The monoisotopic (exact) mass is 363 g/mol. The summed E-state index contributed by atoms with van der Waals surface area (Å²) >= 11 is 3.42. The van der Waals surface area contributed by atoms with E-state index in [4.69, 9.17) is 9.47 Å². The smallest absolute Gasteiger partial charge is 0.211 e. The van der Waals surface area contributed by atoms with Gasteiger partial charge in [-0.25, -0.2) is 8.42 Å². The standard InChI is InChI=1S/C13H18BrNO4S/c1-18-12-6-9-4-5-15(20(3,16)17)11(8-14)10(9)7-13(12)19-2/h6-7,11H,4-5,8H2,1-3H3. The second kappa shape index (κ2) is 5.91. The van der Waals surface area contributed by atoms with Crippen LogP contribution in [0.2, 0.25) is 0 Å². The van der Waals surface area contributed by atoms with E-state index in [-0.39, 0.29) is 6.04 Å². The molecule has 1 aliphatic rings. The third-order valence-corrected chi connectivity index (χ3v) is 5.43. The summed E-state index contributed by atoms with van der Waals surface area (Å²) < 4.78 is 35.9. The van der Waals surface area contributed by atoms with Gasteiger partial charge in [-0.1, -0.05) is 15.9 Å². The molecule has 0 radical (unpaired) electrons. The zero-order valence-corrected chi connectivity index (χ0v) is 14.1. The minimum atomic E-state index is -3.23. The van der Waals surface area contributed by atoms with Gasteiger partial charge in [0.1, 0.15) is 0 Å². The molecule has 0 fully saturated rings. The average molecular weight is 364 g/mol. The van der Waals surface area contributed by atoms with E-state index in [0.717, 1.165) is 11.1 Å². The molecule has 0 spiro atoms. The first-order valence-corrected chi connectivity index (χ1v) is 9.17. The molecule has 1 aromatic rings. The Balaban J connectivity index is 2.53. The van der Waals surface area contributed by atoms with Gasteiger partial charge >= 0.3 is 0 Å². The van der Waals surface area contributed by atoms with Gasteiger partial charge in [0.2, 0.25) is 10.0 Å². The van der Waals surface area contributed by atoms with Crippen LogP contribution < -0.4 is 9.47 Å². The van der Waals surface area contributed by atoms with Gasteiger partial charge in [0.05, 0.1) is 26.5 Å². The van der Waals surface area contributed by atoms with Crippen molar-refractivity contribution in [2.75, 3.05) is 32.4 Å². The van der Waals surface area contributed by atoms with Gasteiger partial charge in [0.15, 0.2) is 11.5 Å². The highest BCUT2D eigenvalue weighted by Gasteiger charge is 2.33. The van der Waals surface area contributed by atoms with Crippen LogP contribution in [0, 0.1) is 0 Å². The summed E-state index contributed by atoms with van der Waals surface area (Å²) in [5.74, 6) is 1.29. The van der Waals surface area contributed by atoms with Crippen LogP contribution in [-0.4, -0.2) is 45.1 Å². The second-order valence-corrected chi connectivity index (χ2v) is 7.28. The summed E-state index contributed by atoms with van der Waals surface area (Å²) in [5, 5.41) is 0.544. The zero-order chi connectivity index (χ0) is 14.9. The van der Waals surface area contributed by atoms with Crippen molar-refractivity contribution < 1.29 is 17.9 Å². The van der Waals surface area contributed by atoms with E-state index in [1.54, 1.807) is 14.2 Å². The number of hydrogen-bond donors (Lipinski definition) is 0. The Hall–Kier alpha value is -0.790. The molecule has 1 aromatic carbocycles. The van der Waals surface area contributed by atoms with Gasteiger partial charge < -0.3 is 9.47 Å². The largest absolute Gasteiger partial charge is 0.493 e. The van der Waals surface area contributed by atoms with E-state index in [2.05, 4.69) is 15.9 Å². The number of methoxy groups -OCH3 is 2. The third kappa shape index (κ3) is 2.80. The Bertz CT molecular complexity index is 603. The number of alkyl halides is 1. The third-order valence-electron chi connectivity index (χ3n) is 3.53. The normalized spacial score (nSPS) is 19.5. The first-order chi connectivity index (χ1) is 9.42. The number of benzene rings is 1. The van der Waals surface area contributed by atoms with Crippen molar-refractivity contribution >= 4 is 26.0 Å². The summed E-state index contributed by atoms with van der Waals surface area (Å²) in [4.78, 5) is 0. The molecule has 1 aliphatic heterocycles. The lowest BCUT2D eigenvalue weighted by Crippen LogP contribution is -2.40. The minimum Gasteiger partial charge on any atom is -0.493 e. The molecule has 0 saturated carbocycles. The first kappa shape index (κ1) is 15.6. The average Bonchev–Trinajstić information content (AvgIpc) is 2.43. The summed E-state index contributed by atoms with van der Waals surface area (Å²) in [6, 6.07) is 3.59. The highest BCUT2D eigenvalue weighted by atomic mass is 79.9. The van der Waals surface area contributed by atoms with Crippen LogP contribution >= 0.6 is 15.9 Å². The van der Waals surface area contributed by atoms with Crippen LogP contribution in [0.3, 0.4) is 0 Å². The van der Waals surface area contributed by atoms with E-state index < -0.39 is 10.0 Å². The van der Waals surface area contributed by atoms with Crippen molar-refractivity contribution in [3.05, 3.63) is 23.3 Å². The van der Waals surface area contributed by atoms with E-state index >= 15 is 0 Å². The Morgan fingerprint density at radius 3 is 2.40 bits per heavy atom. The molecule has 1 unspecified atom stereocenters. The summed E-state index contributed by atoms with van der Waals surface area (Å²) in [6.07, 6.45) is 1.92. The number of rotatable bonds is 4. The first-order valence-electron chi connectivity index (χ1n) is 6.20. The predicted octanol–water partition coefficient (Wildman–Crippen LogP) is 1.96. The number of hydrogen-bond acceptors (Lipinski definition) is 4. The van der Waals surface area contributed by atoms with Gasteiger partial charge in [-0.05, 0) is 29.7 Å². The second-order valence-electron chi connectivity index (χ2n) is 4.70. The van der Waals surface area contributed by atoms with Crippen LogP contribution in [0.1, 0.15) is 17.2 Å². The molecule has 1 heterocycles. The lowest BCUT2D eigenvalue weighted by molar-refractivity contribution is 0.325. The number of ether oxygens (including phenoxy) is 2. The molecule has 5 nitrogen and oxygen atoms in total. The van der Waals surface area contributed by atoms with E-state index in [9.17, 15) is 8.42 Å². The van der Waals surface area contributed by atoms with Gasteiger partial charge in [0, 0.05) is 11.9 Å². The topological polar surface area (TPSA) is 55.8 Å². The van der Waals surface area contributed by atoms with Crippen molar-refractivity contribution in [2.45, 2.75) is 12.5 Å². The van der Waals surface area contributed by atoms with Crippen molar-refractivity contribution in [3.8, 4) is 11.5 Å². The van der Waals surface area contributed by atoms with E-state index in [0.29, 0.717) is 29.8 Å². The SMILES string of the molecule is COc1cc2c(cc1OC)C(CBr)N(S(C)(=O)=O)CC2. The minimum absolute atomic E-state index is 0.214. The summed E-state index contributed by atoms with van der Waals surface area (Å²) in [5.41, 5.74) is 2.07. The molecule has 20 heavy (non-hydrogen) atoms.